The largest absolute Gasteiger partial charge is 0.478 e. The number of benzene rings is 3. The normalized spacial score (nSPS) is 17.6. The van der Waals surface area contributed by atoms with Gasteiger partial charge < -0.3 is 20.6 Å². The summed E-state index contributed by atoms with van der Waals surface area (Å²) in [7, 11) is 2.15. The highest BCUT2D eigenvalue weighted by atomic mass is 16.4. The average Bonchev–Trinajstić information content (AvgIpc) is 3.19. The van der Waals surface area contributed by atoms with E-state index in [4.69, 9.17) is 0 Å². The Balaban J connectivity index is 1.50. The Morgan fingerprint density at radius 2 is 1.71 bits per heavy atom. The third-order valence-electron chi connectivity index (χ3n) is 6.52. The molecule has 7 heteroatoms. The van der Waals surface area contributed by atoms with E-state index in [0.29, 0.717) is 22.5 Å². The predicted molar refractivity (Wildman–Crippen MR) is 138 cm³/mol. The molecular weight excluding hydrogens is 440 g/mol. The number of carbonyl (C=O) groups is 2. The summed E-state index contributed by atoms with van der Waals surface area (Å²) in [5.41, 5.74) is 5.47. The number of rotatable bonds is 6. The molecule has 1 saturated heterocycles. The van der Waals surface area contributed by atoms with Crippen molar-refractivity contribution in [2.75, 3.05) is 43.9 Å². The summed E-state index contributed by atoms with van der Waals surface area (Å²) in [6.45, 7) is 5.11. The summed E-state index contributed by atoms with van der Waals surface area (Å²) in [6.07, 6.45) is 0. The first-order valence-electron chi connectivity index (χ1n) is 11.7. The lowest BCUT2D eigenvalue weighted by atomic mass is 9.99. The Labute approximate surface area is 204 Å². The molecule has 0 aromatic heterocycles. The van der Waals surface area contributed by atoms with Crippen molar-refractivity contribution >= 4 is 34.5 Å². The van der Waals surface area contributed by atoms with Crippen LogP contribution in [0.3, 0.4) is 0 Å². The van der Waals surface area contributed by atoms with Gasteiger partial charge in [0.05, 0.1) is 22.5 Å². The summed E-state index contributed by atoms with van der Waals surface area (Å²) in [5, 5.41) is 15.7. The topological polar surface area (TPSA) is 84.9 Å². The van der Waals surface area contributed by atoms with E-state index in [2.05, 4.69) is 39.6 Å². The molecule has 35 heavy (non-hydrogen) atoms. The zero-order valence-electron chi connectivity index (χ0n) is 19.6. The molecule has 0 radical (unpaired) electrons. The predicted octanol–water partition coefficient (Wildman–Crippen LogP) is 4.06. The molecule has 1 amide bonds. The standard InChI is InChI=1S/C28H28N4O3/c1-31-12-14-32(15-13-31)18-19-6-5-9-22(16-19)29-26(20-7-3-2-4-8-20)25-23-11-10-21(28(34)35)17-24(23)30-27(25)33/h2-11,16-17,29H,12-15,18H2,1H3,(H,30,33)(H,34,35). The number of likely N-dealkylation sites (N-methyl/N-ethyl adjacent to an activating group) is 1. The van der Waals surface area contributed by atoms with Gasteiger partial charge in [0.1, 0.15) is 0 Å². The van der Waals surface area contributed by atoms with Crippen molar-refractivity contribution < 1.29 is 14.7 Å². The van der Waals surface area contributed by atoms with Gasteiger partial charge in [-0.15, -0.1) is 0 Å². The second-order valence-electron chi connectivity index (χ2n) is 9.04. The minimum atomic E-state index is -1.03. The Kier molecular flexibility index (Phi) is 6.35. The maximum Gasteiger partial charge on any atom is 0.335 e. The second-order valence-corrected chi connectivity index (χ2v) is 9.04. The molecule has 7 nitrogen and oxygen atoms in total. The van der Waals surface area contributed by atoms with Crippen molar-refractivity contribution in [3.05, 3.63) is 95.1 Å². The molecule has 3 aromatic rings. The number of amides is 1. The van der Waals surface area contributed by atoms with Crippen molar-refractivity contribution in [3.63, 3.8) is 0 Å². The molecule has 1 fully saturated rings. The lowest BCUT2D eigenvalue weighted by Gasteiger charge is -2.32. The lowest BCUT2D eigenvalue weighted by molar-refractivity contribution is -0.110. The summed E-state index contributed by atoms with van der Waals surface area (Å²) in [6, 6.07) is 22.7. The van der Waals surface area contributed by atoms with Crippen LogP contribution in [0.25, 0.3) is 11.3 Å². The minimum absolute atomic E-state index is 0.135. The molecule has 0 saturated carbocycles. The van der Waals surface area contributed by atoms with Crippen LogP contribution < -0.4 is 10.6 Å². The van der Waals surface area contributed by atoms with Gasteiger partial charge in [-0.2, -0.15) is 0 Å². The number of piperazine rings is 1. The number of nitrogens with one attached hydrogen (secondary N) is 2. The maximum absolute atomic E-state index is 13.1. The number of nitrogens with zero attached hydrogens (tertiary/aromatic N) is 2. The third kappa shape index (κ3) is 4.96. The molecule has 0 unspecified atom stereocenters. The quantitative estimate of drug-likeness (QED) is 0.473. The molecule has 0 spiro atoms. The number of carboxylic acids is 1. The molecule has 5 rings (SSSR count). The van der Waals surface area contributed by atoms with Gasteiger partial charge in [-0.1, -0.05) is 48.5 Å². The molecule has 178 valence electrons. The summed E-state index contributed by atoms with van der Waals surface area (Å²) < 4.78 is 0. The van der Waals surface area contributed by atoms with E-state index in [1.54, 1.807) is 6.07 Å². The van der Waals surface area contributed by atoms with Gasteiger partial charge in [-0.3, -0.25) is 9.69 Å². The minimum Gasteiger partial charge on any atom is -0.478 e. The molecule has 2 heterocycles. The van der Waals surface area contributed by atoms with Gasteiger partial charge in [-0.25, -0.2) is 4.79 Å². The van der Waals surface area contributed by atoms with Crippen LogP contribution >= 0.6 is 0 Å². The smallest absolute Gasteiger partial charge is 0.335 e. The average molecular weight is 469 g/mol. The van der Waals surface area contributed by atoms with Crippen LogP contribution in [0.4, 0.5) is 11.4 Å². The molecule has 2 aliphatic rings. The molecule has 2 aliphatic heterocycles. The maximum atomic E-state index is 13.1. The fourth-order valence-corrected chi connectivity index (χ4v) is 4.59. The molecule has 0 aliphatic carbocycles. The molecule has 3 N–H and O–H groups in total. The van der Waals surface area contributed by atoms with Gasteiger partial charge in [0.25, 0.3) is 5.91 Å². The second kappa shape index (κ2) is 9.74. The number of hydrogen-bond acceptors (Lipinski definition) is 5. The van der Waals surface area contributed by atoms with Crippen molar-refractivity contribution in [2.45, 2.75) is 6.54 Å². The summed E-state index contributed by atoms with van der Waals surface area (Å²) >= 11 is 0. The zero-order chi connectivity index (χ0) is 24.4. The number of carboxylic acid groups (broad SMARTS) is 1. The zero-order valence-corrected chi connectivity index (χ0v) is 19.6. The van der Waals surface area contributed by atoms with Crippen LogP contribution in [0.1, 0.15) is 27.0 Å². The number of hydrogen-bond donors (Lipinski definition) is 3. The van der Waals surface area contributed by atoms with E-state index < -0.39 is 5.97 Å². The van der Waals surface area contributed by atoms with Crippen LogP contribution in [0.15, 0.2) is 72.8 Å². The fourth-order valence-electron chi connectivity index (χ4n) is 4.59. The molecule has 3 aromatic carbocycles. The molecule has 0 atom stereocenters. The Morgan fingerprint density at radius 1 is 0.943 bits per heavy atom. The summed E-state index contributed by atoms with van der Waals surface area (Å²) in [5.74, 6) is -1.29. The SMILES string of the molecule is CN1CCN(Cc2cccc(NC(=C3C(=O)Nc4cc(C(=O)O)ccc43)c3ccccc3)c2)CC1. The van der Waals surface area contributed by atoms with Gasteiger partial charge >= 0.3 is 5.97 Å². The van der Waals surface area contributed by atoms with Crippen LogP contribution in [-0.2, 0) is 11.3 Å². The van der Waals surface area contributed by atoms with E-state index in [9.17, 15) is 14.7 Å². The van der Waals surface area contributed by atoms with Crippen LogP contribution in [-0.4, -0.2) is 60.0 Å². The van der Waals surface area contributed by atoms with E-state index in [0.717, 1.165) is 44.0 Å². The number of fused-ring (bicyclic) bond motifs is 1. The van der Waals surface area contributed by atoms with Gasteiger partial charge in [0, 0.05) is 44.0 Å². The van der Waals surface area contributed by atoms with Crippen molar-refractivity contribution in [1.29, 1.82) is 0 Å². The van der Waals surface area contributed by atoms with E-state index in [1.807, 2.05) is 42.5 Å². The van der Waals surface area contributed by atoms with Crippen molar-refractivity contribution in [3.8, 4) is 0 Å². The fraction of sp³-hybridized carbons (Fsp3) is 0.214. The van der Waals surface area contributed by atoms with E-state index in [-0.39, 0.29) is 11.5 Å². The number of aromatic carboxylic acids is 1. The number of anilines is 2. The monoisotopic (exact) mass is 468 g/mol. The first kappa shape index (κ1) is 22.8. The first-order valence-corrected chi connectivity index (χ1v) is 11.7. The highest BCUT2D eigenvalue weighted by Gasteiger charge is 2.29. The summed E-state index contributed by atoms with van der Waals surface area (Å²) in [4.78, 5) is 29.3. The Bertz CT molecular complexity index is 1290. The van der Waals surface area contributed by atoms with Crippen LogP contribution in [0.5, 0.6) is 0 Å². The number of carbonyl (C=O) groups excluding carboxylic acids is 1. The van der Waals surface area contributed by atoms with E-state index in [1.165, 1.54) is 17.7 Å². The first-order chi connectivity index (χ1) is 17.0. The van der Waals surface area contributed by atoms with Crippen molar-refractivity contribution in [1.82, 2.24) is 9.80 Å². The third-order valence-corrected chi connectivity index (χ3v) is 6.52. The Morgan fingerprint density at radius 3 is 2.46 bits per heavy atom. The van der Waals surface area contributed by atoms with Crippen LogP contribution in [0, 0.1) is 0 Å². The van der Waals surface area contributed by atoms with Gasteiger partial charge in [0.15, 0.2) is 0 Å². The van der Waals surface area contributed by atoms with Gasteiger partial charge in [0.2, 0.25) is 0 Å². The lowest BCUT2D eigenvalue weighted by Crippen LogP contribution is -2.43. The highest BCUT2D eigenvalue weighted by Crippen LogP contribution is 2.38. The van der Waals surface area contributed by atoms with E-state index >= 15 is 0 Å². The highest BCUT2D eigenvalue weighted by molar-refractivity contribution is 6.37. The molecule has 0 bridgehead atoms. The van der Waals surface area contributed by atoms with Crippen LogP contribution in [0.2, 0.25) is 0 Å². The Hall–Kier alpha value is -3.94. The van der Waals surface area contributed by atoms with Crippen molar-refractivity contribution in [2.24, 2.45) is 0 Å². The van der Waals surface area contributed by atoms with Gasteiger partial charge in [-0.05, 0) is 42.4 Å². The molecular formula is C28H28N4O3.